The second-order valence-corrected chi connectivity index (χ2v) is 6.01. The Morgan fingerprint density at radius 2 is 1.91 bits per heavy atom. The summed E-state index contributed by atoms with van der Waals surface area (Å²) in [7, 11) is 3.15. The maximum Gasteiger partial charge on any atom is 0.226 e. The van der Waals surface area contributed by atoms with Crippen molar-refractivity contribution in [1.82, 2.24) is 4.90 Å². The summed E-state index contributed by atoms with van der Waals surface area (Å²) in [6, 6.07) is 3.75. The zero-order chi connectivity index (χ0) is 17.3. The molecule has 1 saturated heterocycles. The maximum absolute atomic E-state index is 10.7. The predicted octanol–water partition coefficient (Wildman–Crippen LogP) is 0.925. The summed E-state index contributed by atoms with van der Waals surface area (Å²) in [6.07, 6.45) is 4.22. The zero-order valence-electron chi connectivity index (χ0n) is 14.5. The molecule has 1 atom stereocenters. The summed E-state index contributed by atoms with van der Waals surface area (Å²) in [5, 5.41) is 0. The van der Waals surface area contributed by atoms with Crippen LogP contribution in [0.25, 0.3) is 0 Å². The average molecular weight is 327 g/mol. The Kier molecular flexibility index (Phi) is 7.94. The smallest absolute Gasteiger partial charge is 0.226 e. The van der Waals surface area contributed by atoms with Crippen LogP contribution in [0.5, 0.6) is 0 Å². The van der Waals surface area contributed by atoms with Gasteiger partial charge in [0.05, 0.1) is 25.9 Å². The number of carbonyl (C=O) groups excluding carboxylic acids is 1. The van der Waals surface area contributed by atoms with Crippen LogP contribution >= 0.6 is 0 Å². The molecule has 130 valence electrons. The lowest BCUT2D eigenvalue weighted by atomic mass is 10.1. The van der Waals surface area contributed by atoms with Crippen LogP contribution in [0.4, 0.5) is 0 Å². The van der Waals surface area contributed by atoms with E-state index < -0.39 is 0 Å². The Balaban J connectivity index is 0.000000379. The number of hydrogen-bond acceptors (Lipinski definition) is 5. The highest BCUT2D eigenvalue weighted by molar-refractivity contribution is 5.47. The minimum Gasteiger partial charge on any atom is -0.379 e. The SMILES string of the molecule is COC(C)(C)C.COO[n+]1ccc(C2CN(C=O)CCO2)cc1. The molecule has 0 aliphatic carbocycles. The Labute approximate surface area is 137 Å². The van der Waals surface area contributed by atoms with Gasteiger partial charge in [-0.2, -0.15) is 0 Å². The minimum absolute atomic E-state index is 0.0417. The van der Waals surface area contributed by atoms with Gasteiger partial charge in [0.1, 0.15) is 6.10 Å². The molecule has 0 spiro atoms. The van der Waals surface area contributed by atoms with Crippen LogP contribution in [-0.4, -0.2) is 50.8 Å². The van der Waals surface area contributed by atoms with Crippen LogP contribution < -0.4 is 9.72 Å². The van der Waals surface area contributed by atoms with Crippen molar-refractivity contribution < 1.29 is 28.9 Å². The summed E-state index contributed by atoms with van der Waals surface area (Å²) in [5.74, 6) is 0. The van der Waals surface area contributed by atoms with Gasteiger partial charge in [-0.3, -0.25) is 4.79 Å². The van der Waals surface area contributed by atoms with E-state index in [1.807, 2.05) is 32.9 Å². The number of methoxy groups -OCH3 is 1. The molecule has 0 bridgehead atoms. The largest absolute Gasteiger partial charge is 0.379 e. The average Bonchev–Trinajstić information content (AvgIpc) is 2.56. The number of nitrogens with zero attached hydrogens (tertiary/aromatic N) is 2. The van der Waals surface area contributed by atoms with Gasteiger partial charge < -0.3 is 14.4 Å². The molecule has 1 unspecified atom stereocenters. The van der Waals surface area contributed by atoms with Crippen molar-refractivity contribution in [2.75, 3.05) is 33.9 Å². The molecule has 2 heterocycles. The highest BCUT2D eigenvalue weighted by Crippen LogP contribution is 2.20. The van der Waals surface area contributed by atoms with Gasteiger partial charge in [0.25, 0.3) is 0 Å². The zero-order valence-corrected chi connectivity index (χ0v) is 14.5. The Morgan fingerprint density at radius 3 is 2.39 bits per heavy atom. The topological polar surface area (TPSA) is 61.1 Å². The molecular formula is C16H27N2O5+. The predicted molar refractivity (Wildman–Crippen MR) is 83.3 cm³/mol. The van der Waals surface area contributed by atoms with Gasteiger partial charge in [0, 0.05) is 30.5 Å². The van der Waals surface area contributed by atoms with E-state index in [1.165, 1.54) is 11.8 Å². The Morgan fingerprint density at radius 1 is 1.30 bits per heavy atom. The second kappa shape index (κ2) is 9.44. The van der Waals surface area contributed by atoms with Gasteiger partial charge in [0.15, 0.2) is 0 Å². The normalized spacial score (nSPS) is 18.0. The van der Waals surface area contributed by atoms with E-state index in [-0.39, 0.29) is 11.7 Å². The fourth-order valence-corrected chi connectivity index (χ4v) is 1.74. The summed E-state index contributed by atoms with van der Waals surface area (Å²) < 4.78 is 12.0. The van der Waals surface area contributed by atoms with Crippen LogP contribution in [0.2, 0.25) is 0 Å². The number of hydrogen-bond donors (Lipinski definition) is 0. The molecule has 1 fully saturated rings. The molecule has 1 aliphatic rings. The standard InChI is InChI=1S/C11H15N2O4.C5H12O/c1-15-17-13-4-2-10(3-5-13)11-8-12(9-14)6-7-16-11;1-5(2,3)6-4/h2-5,9,11H,6-8H2,1H3;1-4H3/q+1;. The highest BCUT2D eigenvalue weighted by Gasteiger charge is 2.21. The molecular weight excluding hydrogens is 300 g/mol. The van der Waals surface area contributed by atoms with Crippen LogP contribution in [-0.2, 0) is 19.2 Å². The Bertz CT molecular complexity index is 459. The van der Waals surface area contributed by atoms with E-state index >= 15 is 0 Å². The number of ether oxygens (including phenoxy) is 2. The lowest BCUT2D eigenvalue weighted by Gasteiger charge is -2.30. The Hall–Kier alpha value is -1.70. The highest BCUT2D eigenvalue weighted by atomic mass is 17.3. The van der Waals surface area contributed by atoms with Crippen molar-refractivity contribution in [3.05, 3.63) is 30.1 Å². The number of amides is 1. The van der Waals surface area contributed by atoms with Crippen molar-refractivity contribution in [2.45, 2.75) is 32.5 Å². The van der Waals surface area contributed by atoms with Crippen molar-refractivity contribution in [2.24, 2.45) is 0 Å². The van der Waals surface area contributed by atoms with Gasteiger partial charge in [0.2, 0.25) is 18.8 Å². The van der Waals surface area contributed by atoms with Crippen molar-refractivity contribution in [3.63, 3.8) is 0 Å². The van der Waals surface area contributed by atoms with Crippen molar-refractivity contribution >= 4 is 6.41 Å². The molecule has 1 aromatic heterocycles. The molecule has 7 nitrogen and oxygen atoms in total. The molecule has 1 aliphatic heterocycles. The number of aromatic nitrogens is 1. The van der Waals surface area contributed by atoms with Crippen LogP contribution in [0.15, 0.2) is 24.5 Å². The molecule has 0 saturated carbocycles. The van der Waals surface area contributed by atoms with E-state index in [2.05, 4.69) is 4.89 Å². The molecule has 0 aromatic carbocycles. The minimum atomic E-state index is -0.0776. The third-order valence-corrected chi connectivity index (χ3v) is 3.22. The first kappa shape index (κ1) is 19.3. The molecule has 2 rings (SSSR count). The lowest BCUT2D eigenvalue weighted by Crippen LogP contribution is -2.42. The third kappa shape index (κ3) is 7.40. The van der Waals surface area contributed by atoms with Crippen LogP contribution in [0, 0.1) is 0 Å². The number of pyridine rings is 1. The molecule has 1 aromatic rings. The molecule has 23 heavy (non-hydrogen) atoms. The first-order chi connectivity index (χ1) is 10.9. The molecule has 7 heteroatoms. The second-order valence-electron chi connectivity index (χ2n) is 6.01. The number of carbonyl (C=O) groups is 1. The van der Waals surface area contributed by atoms with Crippen molar-refractivity contribution in [3.8, 4) is 0 Å². The van der Waals surface area contributed by atoms with E-state index in [0.29, 0.717) is 19.7 Å². The summed E-state index contributed by atoms with van der Waals surface area (Å²) >= 11 is 0. The fourth-order valence-electron chi connectivity index (χ4n) is 1.74. The van der Waals surface area contributed by atoms with Gasteiger partial charge in [-0.15, -0.1) is 4.89 Å². The van der Waals surface area contributed by atoms with Crippen LogP contribution in [0.1, 0.15) is 32.4 Å². The summed E-state index contributed by atoms with van der Waals surface area (Å²) in [4.78, 5) is 21.7. The lowest BCUT2D eigenvalue weighted by molar-refractivity contribution is -0.956. The van der Waals surface area contributed by atoms with Gasteiger partial charge >= 0.3 is 0 Å². The van der Waals surface area contributed by atoms with E-state index in [1.54, 1.807) is 24.4 Å². The molecule has 0 N–H and O–H groups in total. The van der Waals surface area contributed by atoms with Crippen LogP contribution in [0.3, 0.4) is 0 Å². The van der Waals surface area contributed by atoms with E-state index in [4.69, 9.17) is 14.5 Å². The quantitative estimate of drug-likeness (QED) is 0.356. The van der Waals surface area contributed by atoms with E-state index in [9.17, 15) is 4.79 Å². The first-order valence-corrected chi connectivity index (χ1v) is 7.48. The first-order valence-electron chi connectivity index (χ1n) is 7.48. The number of morpholine rings is 1. The monoisotopic (exact) mass is 327 g/mol. The van der Waals surface area contributed by atoms with Crippen molar-refractivity contribution in [1.29, 1.82) is 0 Å². The summed E-state index contributed by atoms with van der Waals surface area (Å²) in [6.45, 7) is 7.86. The van der Waals surface area contributed by atoms with Gasteiger partial charge in [-0.25, -0.2) is 0 Å². The van der Waals surface area contributed by atoms with Gasteiger partial charge in [-0.1, -0.05) is 4.99 Å². The third-order valence-electron chi connectivity index (χ3n) is 3.22. The number of rotatable bonds is 4. The van der Waals surface area contributed by atoms with E-state index in [0.717, 1.165) is 12.0 Å². The molecule has 1 amide bonds. The summed E-state index contributed by atoms with van der Waals surface area (Å²) in [5.41, 5.74) is 1.05. The molecule has 0 radical (unpaired) electrons. The van der Waals surface area contributed by atoms with Gasteiger partial charge in [-0.05, 0) is 26.3 Å². The maximum atomic E-state index is 10.7. The fraction of sp³-hybridized carbons (Fsp3) is 0.625.